The maximum absolute atomic E-state index is 9.53. The largest absolute Gasteiger partial charge is 0.460 e. The Labute approximate surface area is 126 Å². The second-order valence-corrected chi connectivity index (χ2v) is 5.93. The molecule has 3 heteroatoms. The van der Waals surface area contributed by atoms with Gasteiger partial charge in [0.1, 0.15) is 11.5 Å². The maximum Gasteiger partial charge on any atom is 0.134 e. The standard InChI is InChI=1S/C18H23NO2/c1-13(20)14-6-8-15(9-7-14)18-11-10-17(21-18)12-19-16-4-2-3-5-16/h6-11,13,16,19-20H,2-5,12H2,1H3/t13-/m0/s1. The van der Waals surface area contributed by atoms with Gasteiger partial charge < -0.3 is 14.8 Å². The highest BCUT2D eigenvalue weighted by Crippen LogP contribution is 2.25. The molecule has 0 amide bonds. The van der Waals surface area contributed by atoms with Crippen LogP contribution in [0.15, 0.2) is 40.8 Å². The van der Waals surface area contributed by atoms with Crippen molar-refractivity contribution in [3.05, 3.63) is 47.7 Å². The number of hydrogen-bond acceptors (Lipinski definition) is 3. The third-order valence-corrected chi connectivity index (χ3v) is 4.26. The van der Waals surface area contributed by atoms with Crippen LogP contribution in [0.5, 0.6) is 0 Å². The van der Waals surface area contributed by atoms with Crippen molar-refractivity contribution >= 4 is 0 Å². The van der Waals surface area contributed by atoms with Crippen LogP contribution in [0.25, 0.3) is 11.3 Å². The Hall–Kier alpha value is -1.58. The predicted molar refractivity (Wildman–Crippen MR) is 83.9 cm³/mol. The molecule has 3 rings (SSSR count). The van der Waals surface area contributed by atoms with Gasteiger partial charge in [0.15, 0.2) is 0 Å². The van der Waals surface area contributed by atoms with Gasteiger partial charge in [-0.1, -0.05) is 37.1 Å². The minimum atomic E-state index is -0.429. The third-order valence-electron chi connectivity index (χ3n) is 4.26. The van der Waals surface area contributed by atoms with Gasteiger partial charge in [-0.3, -0.25) is 0 Å². The average Bonchev–Trinajstić information content (AvgIpc) is 3.17. The van der Waals surface area contributed by atoms with E-state index in [0.29, 0.717) is 6.04 Å². The van der Waals surface area contributed by atoms with Crippen LogP contribution in [-0.4, -0.2) is 11.1 Å². The molecule has 1 aliphatic rings. The van der Waals surface area contributed by atoms with Gasteiger partial charge in [0.25, 0.3) is 0 Å². The topological polar surface area (TPSA) is 45.4 Å². The summed E-state index contributed by atoms with van der Waals surface area (Å²) in [5, 5.41) is 13.1. The fourth-order valence-corrected chi connectivity index (χ4v) is 2.93. The van der Waals surface area contributed by atoms with E-state index in [0.717, 1.165) is 29.2 Å². The van der Waals surface area contributed by atoms with Gasteiger partial charge in [0.2, 0.25) is 0 Å². The number of furan rings is 1. The zero-order chi connectivity index (χ0) is 14.7. The van der Waals surface area contributed by atoms with Crippen LogP contribution < -0.4 is 5.32 Å². The monoisotopic (exact) mass is 285 g/mol. The summed E-state index contributed by atoms with van der Waals surface area (Å²) in [4.78, 5) is 0. The molecule has 0 aliphatic heterocycles. The molecule has 1 aromatic carbocycles. The first kappa shape index (κ1) is 14.4. The normalized spacial score (nSPS) is 17.2. The van der Waals surface area contributed by atoms with Crippen LogP contribution in [0.2, 0.25) is 0 Å². The van der Waals surface area contributed by atoms with Crippen molar-refractivity contribution in [2.24, 2.45) is 0 Å². The van der Waals surface area contributed by atoms with Crippen LogP contribution in [0.1, 0.15) is 50.0 Å². The van der Waals surface area contributed by atoms with E-state index in [9.17, 15) is 5.11 Å². The fraction of sp³-hybridized carbons (Fsp3) is 0.444. The van der Waals surface area contributed by atoms with E-state index in [4.69, 9.17) is 4.42 Å². The van der Waals surface area contributed by atoms with Gasteiger partial charge in [-0.15, -0.1) is 0 Å². The summed E-state index contributed by atoms with van der Waals surface area (Å²) in [5.41, 5.74) is 1.97. The zero-order valence-electron chi connectivity index (χ0n) is 12.5. The molecular formula is C18H23NO2. The fourth-order valence-electron chi connectivity index (χ4n) is 2.93. The summed E-state index contributed by atoms with van der Waals surface area (Å²) >= 11 is 0. The van der Waals surface area contributed by atoms with Gasteiger partial charge in [-0.25, -0.2) is 0 Å². The molecule has 1 fully saturated rings. The predicted octanol–water partition coefficient (Wildman–Crippen LogP) is 4.03. The lowest BCUT2D eigenvalue weighted by molar-refractivity contribution is 0.199. The number of aliphatic hydroxyl groups is 1. The van der Waals surface area contributed by atoms with E-state index < -0.39 is 6.10 Å². The third kappa shape index (κ3) is 3.55. The molecule has 3 nitrogen and oxygen atoms in total. The molecule has 1 aromatic heterocycles. The highest BCUT2D eigenvalue weighted by Gasteiger charge is 2.14. The molecule has 21 heavy (non-hydrogen) atoms. The SMILES string of the molecule is C[C@H](O)c1ccc(-c2ccc(CNC3CCCC3)o2)cc1. The molecular weight excluding hydrogens is 262 g/mol. The van der Waals surface area contributed by atoms with Gasteiger partial charge in [0.05, 0.1) is 12.6 Å². The van der Waals surface area contributed by atoms with Crippen molar-refractivity contribution < 1.29 is 9.52 Å². The summed E-state index contributed by atoms with van der Waals surface area (Å²) in [6, 6.07) is 12.6. The molecule has 2 aromatic rings. The quantitative estimate of drug-likeness (QED) is 0.871. The number of rotatable bonds is 5. The molecule has 1 atom stereocenters. The Kier molecular flexibility index (Phi) is 4.42. The molecule has 0 unspecified atom stereocenters. The smallest absolute Gasteiger partial charge is 0.134 e. The average molecular weight is 285 g/mol. The van der Waals surface area contributed by atoms with Gasteiger partial charge in [0, 0.05) is 11.6 Å². The lowest BCUT2D eigenvalue weighted by atomic mass is 10.1. The number of hydrogen-bond donors (Lipinski definition) is 2. The van der Waals surface area contributed by atoms with E-state index in [1.54, 1.807) is 6.92 Å². The maximum atomic E-state index is 9.53. The number of nitrogens with one attached hydrogen (secondary N) is 1. The van der Waals surface area contributed by atoms with E-state index in [-0.39, 0.29) is 0 Å². The summed E-state index contributed by atoms with van der Waals surface area (Å²) in [5.74, 6) is 1.87. The molecule has 0 spiro atoms. The first-order valence-corrected chi connectivity index (χ1v) is 7.83. The number of aliphatic hydroxyl groups excluding tert-OH is 1. The Morgan fingerprint density at radius 2 is 1.86 bits per heavy atom. The van der Waals surface area contributed by atoms with Crippen molar-refractivity contribution in [3.8, 4) is 11.3 Å². The second kappa shape index (κ2) is 6.46. The Balaban J connectivity index is 1.63. The molecule has 1 heterocycles. The summed E-state index contributed by atoms with van der Waals surface area (Å²) in [7, 11) is 0. The summed E-state index contributed by atoms with van der Waals surface area (Å²) in [6.07, 6.45) is 4.83. The lowest BCUT2D eigenvalue weighted by Gasteiger charge is -2.09. The lowest BCUT2D eigenvalue weighted by Crippen LogP contribution is -2.24. The summed E-state index contributed by atoms with van der Waals surface area (Å²) < 4.78 is 5.90. The first-order chi connectivity index (χ1) is 10.2. The molecule has 0 saturated heterocycles. The molecule has 112 valence electrons. The Morgan fingerprint density at radius 1 is 1.14 bits per heavy atom. The van der Waals surface area contributed by atoms with Crippen LogP contribution >= 0.6 is 0 Å². The zero-order valence-corrected chi connectivity index (χ0v) is 12.5. The first-order valence-electron chi connectivity index (χ1n) is 7.83. The van der Waals surface area contributed by atoms with Crippen molar-refractivity contribution in [1.82, 2.24) is 5.32 Å². The van der Waals surface area contributed by atoms with Crippen molar-refractivity contribution in [1.29, 1.82) is 0 Å². The number of benzene rings is 1. The molecule has 2 N–H and O–H groups in total. The van der Waals surface area contributed by atoms with Crippen molar-refractivity contribution in [2.75, 3.05) is 0 Å². The van der Waals surface area contributed by atoms with Crippen LogP contribution in [0.3, 0.4) is 0 Å². The van der Waals surface area contributed by atoms with E-state index >= 15 is 0 Å². The second-order valence-electron chi connectivity index (χ2n) is 5.93. The van der Waals surface area contributed by atoms with E-state index in [1.807, 2.05) is 36.4 Å². The van der Waals surface area contributed by atoms with Gasteiger partial charge >= 0.3 is 0 Å². The van der Waals surface area contributed by atoms with Gasteiger partial charge in [-0.05, 0) is 37.5 Å². The van der Waals surface area contributed by atoms with Crippen molar-refractivity contribution in [2.45, 2.75) is 51.3 Å². The van der Waals surface area contributed by atoms with Crippen LogP contribution in [0.4, 0.5) is 0 Å². The van der Waals surface area contributed by atoms with E-state index in [2.05, 4.69) is 5.32 Å². The van der Waals surface area contributed by atoms with Crippen LogP contribution in [0, 0.1) is 0 Å². The molecule has 1 saturated carbocycles. The molecule has 0 bridgehead atoms. The Bertz CT molecular complexity index is 565. The minimum Gasteiger partial charge on any atom is -0.460 e. The highest BCUT2D eigenvalue weighted by molar-refractivity contribution is 5.58. The van der Waals surface area contributed by atoms with Crippen molar-refractivity contribution in [3.63, 3.8) is 0 Å². The molecule has 1 aliphatic carbocycles. The van der Waals surface area contributed by atoms with Crippen LogP contribution in [-0.2, 0) is 6.54 Å². The summed E-state index contributed by atoms with van der Waals surface area (Å²) in [6.45, 7) is 2.57. The van der Waals surface area contributed by atoms with Gasteiger partial charge in [-0.2, -0.15) is 0 Å². The van der Waals surface area contributed by atoms with E-state index in [1.165, 1.54) is 25.7 Å². The minimum absolute atomic E-state index is 0.429. The Morgan fingerprint density at radius 3 is 2.52 bits per heavy atom. The highest BCUT2D eigenvalue weighted by atomic mass is 16.3. The molecule has 0 radical (unpaired) electrons.